The molecule has 2 aromatic rings. The molecule has 0 bridgehead atoms. The number of rotatable bonds is 7. The Balaban J connectivity index is 1.88. The van der Waals surface area contributed by atoms with E-state index in [4.69, 9.17) is 9.47 Å². The fraction of sp³-hybridized carbons (Fsp3) is 0.167. The molecule has 0 saturated carbocycles. The van der Waals surface area contributed by atoms with Gasteiger partial charge in [-0.05, 0) is 40.2 Å². The van der Waals surface area contributed by atoms with E-state index >= 15 is 0 Å². The molecule has 0 aliphatic carbocycles. The molecular formula is C18H18BrN3O4. The molecule has 2 rings (SSSR count). The van der Waals surface area contributed by atoms with Gasteiger partial charge in [-0.3, -0.25) is 9.59 Å². The Morgan fingerprint density at radius 1 is 1.15 bits per heavy atom. The molecule has 2 aromatic carbocycles. The first-order valence-electron chi connectivity index (χ1n) is 7.61. The van der Waals surface area contributed by atoms with Crippen molar-refractivity contribution < 1.29 is 19.1 Å². The minimum absolute atomic E-state index is 0.197. The summed E-state index contributed by atoms with van der Waals surface area (Å²) in [5.41, 5.74) is 3.47. The summed E-state index contributed by atoms with van der Waals surface area (Å²) < 4.78 is 11.0. The van der Waals surface area contributed by atoms with Crippen LogP contribution in [0.1, 0.15) is 15.9 Å². The van der Waals surface area contributed by atoms with Gasteiger partial charge in [0, 0.05) is 16.1 Å². The van der Waals surface area contributed by atoms with Gasteiger partial charge in [-0.15, -0.1) is 0 Å². The highest BCUT2D eigenvalue weighted by atomic mass is 79.9. The Bertz CT molecular complexity index is 824. The maximum absolute atomic E-state index is 12.0. The van der Waals surface area contributed by atoms with Crippen molar-refractivity contribution in [1.82, 2.24) is 10.7 Å². The second-order valence-electron chi connectivity index (χ2n) is 5.06. The minimum Gasteiger partial charge on any atom is -0.497 e. The Kier molecular flexibility index (Phi) is 7.16. The minimum atomic E-state index is -0.450. The number of nitrogens with zero attached hydrogens (tertiary/aromatic N) is 1. The number of nitrogens with one attached hydrogen (secondary N) is 2. The molecule has 2 N–H and O–H groups in total. The zero-order valence-electron chi connectivity index (χ0n) is 14.3. The van der Waals surface area contributed by atoms with Crippen LogP contribution in [-0.2, 0) is 4.79 Å². The molecular weight excluding hydrogens is 402 g/mol. The Morgan fingerprint density at radius 3 is 2.62 bits per heavy atom. The lowest BCUT2D eigenvalue weighted by molar-refractivity contribution is -0.120. The molecule has 0 atom stereocenters. The summed E-state index contributed by atoms with van der Waals surface area (Å²) in [7, 11) is 3.09. The van der Waals surface area contributed by atoms with Crippen LogP contribution in [0.5, 0.6) is 11.5 Å². The third kappa shape index (κ3) is 5.32. The van der Waals surface area contributed by atoms with E-state index in [0.717, 1.165) is 0 Å². The second-order valence-corrected chi connectivity index (χ2v) is 5.92. The lowest BCUT2D eigenvalue weighted by Gasteiger charge is -2.07. The summed E-state index contributed by atoms with van der Waals surface area (Å²) in [6.07, 6.45) is 1.45. The van der Waals surface area contributed by atoms with Gasteiger partial charge in [0.1, 0.15) is 11.5 Å². The van der Waals surface area contributed by atoms with Gasteiger partial charge in [-0.1, -0.05) is 12.1 Å². The summed E-state index contributed by atoms with van der Waals surface area (Å²) in [6, 6.07) is 12.2. The topological polar surface area (TPSA) is 89.0 Å². The van der Waals surface area contributed by atoms with Crippen LogP contribution >= 0.6 is 15.9 Å². The maximum atomic E-state index is 12.0. The standard InChI is InChI=1S/C18H18BrN3O4/c1-25-13-8-7-12(16(9-13)26-2)10-21-22-17(23)11-20-18(24)14-5-3-4-6-15(14)19/h3-10H,11H2,1-2H3,(H,20,24)(H,22,23). The highest BCUT2D eigenvalue weighted by molar-refractivity contribution is 9.10. The highest BCUT2D eigenvalue weighted by Gasteiger charge is 2.10. The van der Waals surface area contributed by atoms with Crippen molar-refractivity contribution in [3.05, 3.63) is 58.1 Å². The van der Waals surface area contributed by atoms with Crippen molar-refractivity contribution in [3.63, 3.8) is 0 Å². The first-order chi connectivity index (χ1) is 12.5. The average Bonchev–Trinajstić information content (AvgIpc) is 2.66. The smallest absolute Gasteiger partial charge is 0.259 e. The van der Waals surface area contributed by atoms with Crippen LogP contribution in [0.25, 0.3) is 0 Å². The predicted molar refractivity (Wildman–Crippen MR) is 102 cm³/mol. The summed E-state index contributed by atoms with van der Waals surface area (Å²) in [4.78, 5) is 23.8. The van der Waals surface area contributed by atoms with Crippen molar-refractivity contribution >= 4 is 34.0 Å². The molecule has 0 aliphatic heterocycles. The van der Waals surface area contributed by atoms with Gasteiger partial charge in [-0.25, -0.2) is 5.43 Å². The van der Waals surface area contributed by atoms with Crippen molar-refractivity contribution in [3.8, 4) is 11.5 Å². The zero-order chi connectivity index (χ0) is 18.9. The van der Waals surface area contributed by atoms with Gasteiger partial charge in [0.25, 0.3) is 11.8 Å². The summed E-state index contributed by atoms with van der Waals surface area (Å²) >= 11 is 3.29. The number of amides is 2. The number of hydrogen-bond donors (Lipinski definition) is 2. The molecule has 26 heavy (non-hydrogen) atoms. The normalized spacial score (nSPS) is 10.4. The number of ether oxygens (including phenoxy) is 2. The predicted octanol–water partition coefficient (Wildman–Crippen LogP) is 2.35. The fourth-order valence-corrected chi connectivity index (χ4v) is 2.50. The van der Waals surface area contributed by atoms with Crippen LogP contribution in [-0.4, -0.2) is 38.8 Å². The molecule has 0 radical (unpaired) electrons. The molecule has 2 amide bonds. The van der Waals surface area contributed by atoms with E-state index in [1.807, 2.05) is 0 Å². The lowest BCUT2D eigenvalue weighted by atomic mass is 10.2. The van der Waals surface area contributed by atoms with Crippen molar-refractivity contribution in [1.29, 1.82) is 0 Å². The molecule has 0 spiro atoms. The van der Waals surface area contributed by atoms with E-state index in [0.29, 0.717) is 27.1 Å². The van der Waals surface area contributed by atoms with Gasteiger partial charge < -0.3 is 14.8 Å². The van der Waals surface area contributed by atoms with E-state index in [1.165, 1.54) is 13.3 Å². The molecule has 0 aliphatic rings. The molecule has 0 unspecified atom stereocenters. The average molecular weight is 420 g/mol. The van der Waals surface area contributed by atoms with Gasteiger partial charge in [0.2, 0.25) is 0 Å². The van der Waals surface area contributed by atoms with Crippen LogP contribution in [0, 0.1) is 0 Å². The van der Waals surface area contributed by atoms with Crippen LogP contribution in [0.4, 0.5) is 0 Å². The lowest BCUT2D eigenvalue weighted by Crippen LogP contribution is -2.35. The second kappa shape index (κ2) is 9.57. The SMILES string of the molecule is COc1ccc(C=NNC(=O)CNC(=O)c2ccccc2Br)c(OC)c1. The number of methoxy groups -OCH3 is 2. The fourth-order valence-electron chi connectivity index (χ4n) is 2.04. The Morgan fingerprint density at radius 2 is 1.92 bits per heavy atom. The van der Waals surface area contributed by atoms with Crippen LogP contribution in [0.15, 0.2) is 52.0 Å². The van der Waals surface area contributed by atoms with E-state index in [9.17, 15) is 9.59 Å². The number of carbonyl (C=O) groups excluding carboxylic acids is 2. The molecule has 0 heterocycles. The number of hydrazone groups is 1. The zero-order valence-corrected chi connectivity index (χ0v) is 15.9. The molecule has 136 valence electrons. The van der Waals surface area contributed by atoms with Gasteiger partial charge in [0.05, 0.1) is 32.5 Å². The monoisotopic (exact) mass is 419 g/mol. The van der Waals surface area contributed by atoms with Crippen molar-refractivity contribution in [2.24, 2.45) is 5.10 Å². The third-order valence-corrected chi connectivity index (χ3v) is 4.05. The first kappa shape index (κ1) is 19.5. The van der Waals surface area contributed by atoms with E-state index in [1.54, 1.807) is 49.6 Å². The quantitative estimate of drug-likeness (QED) is 0.532. The van der Waals surface area contributed by atoms with Crippen molar-refractivity contribution in [2.75, 3.05) is 20.8 Å². The van der Waals surface area contributed by atoms with Crippen LogP contribution < -0.4 is 20.2 Å². The van der Waals surface area contributed by atoms with Crippen molar-refractivity contribution in [2.45, 2.75) is 0 Å². The molecule has 0 aromatic heterocycles. The Hall–Kier alpha value is -2.87. The highest BCUT2D eigenvalue weighted by Crippen LogP contribution is 2.23. The Labute approximate surface area is 159 Å². The molecule has 0 saturated heterocycles. The molecule has 0 fully saturated rings. The third-order valence-electron chi connectivity index (χ3n) is 3.36. The number of carbonyl (C=O) groups is 2. The van der Waals surface area contributed by atoms with Gasteiger partial charge in [-0.2, -0.15) is 5.10 Å². The van der Waals surface area contributed by atoms with Crippen LogP contribution in [0.2, 0.25) is 0 Å². The van der Waals surface area contributed by atoms with Gasteiger partial charge >= 0.3 is 0 Å². The maximum Gasteiger partial charge on any atom is 0.259 e. The summed E-state index contributed by atoms with van der Waals surface area (Å²) in [6.45, 7) is -0.197. The number of hydrogen-bond acceptors (Lipinski definition) is 5. The molecule has 8 heteroatoms. The van der Waals surface area contributed by atoms with E-state index < -0.39 is 5.91 Å². The van der Waals surface area contributed by atoms with E-state index in [-0.39, 0.29) is 12.5 Å². The summed E-state index contributed by atoms with van der Waals surface area (Å²) in [5, 5.41) is 6.40. The number of halogens is 1. The first-order valence-corrected chi connectivity index (χ1v) is 8.41. The van der Waals surface area contributed by atoms with E-state index in [2.05, 4.69) is 31.8 Å². The van der Waals surface area contributed by atoms with Crippen LogP contribution in [0.3, 0.4) is 0 Å². The molecule has 7 nitrogen and oxygen atoms in total. The van der Waals surface area contributed by atoms with Gasteiger partial charge in [0.15, 0.2) is 0 Å². The largest absolute Gasteiger partial charge is 0.497 e. The number of benzene rings is 2. The summed E-state index contributed by atoms with van der Waals surface area (Å²) in [5.74, 6) is 0.407.